The van der Waals surface area contributed by atoms with Crippen LogP contribution in [0.5, 0.6) is 0 Å². The largest absolute Gasteiger partial charge is 0.293 e. The Bertz CT molecular complexity index is 438. The molecule has 2 nitrogen and oxygen atoms in total. The fourth-order valence-electron chi connectivity index (χ4n) is 2.16. The summed E-state index contributed by atoms with van der Waals surface area (Å²) in [6, 6.07) is 6.33. The van der Waals surface area contributed by atoms with Crippen molar-refractivity contribution in [3.63, 3.8) is 0 Å². The SMILES string of the molecule is CC1SCCN(CC(=O)c2cccc(F)c2)C1C. The molecule has 1 aliphatic heterocycles. The summed E-state index contributed by atoms with van der Waals surface area (Å²) in [5.41, 5.74) is 0.466. The summed E-state index contributed by atoms with van der Waals surface area (Å²) in [5, 5.41) is 0.541. The minimum Gasteiger partial charge on any atom is -0.293 e. The summed E-state index contributed by atoms with van der Waals surface area (Å²) < 4.78 is 13.1. The van der Waals surface area contributed by atoms with Crippen molar-refractivity contribution in [3.05, 3.63) is 35.6 Å². The second-order valence-corrected chi connectivity index (χ2v) is 6.21. The average Bonchev–Trinajstić information content (AvgIpc) is 2.35. The zero-order valence-corrected chi connectivity index (χ0v) is 11.5. The van der Waals surface area contributed by atoms with E-state index in [4.69, 9.17) is 0 Å². The highest BCUT2D eigenvalue weighted by Gasteiger charge is 2.26. The highest BCUT2D eigenvalue weighted by atomic mass is 32.2. The third-order valence-corrected chi connectivity index (χ3v) is 4.85. The normalized spacial score (nSPS) is 25.1. The van der Waals surface area contributed by atoms with E-state index in [9.17, 15) is 9.18 Å². The van der Waals surface area contributed by atoms with E-state index in [1.165, 1.54) is 12.1 Å². The Labute approximate surface area is 112 Å². The van der Waals surface area contributed by atoms with E-state index in [-0.39, 0.29) is 11.6 Å². The fourth-order valence-corrected chi connectivity index (χ4v) is 3.32. The fraction of sp³-hybridized carbons (Fsp3) is 0.500. The maximum atomic E-state index is 13.1. The summed E-state index contributed by atoms with van der Waals surface area (Å²) >= 11 is 1.94. The van der Waals surface area contributed by atoms with E-state index in [1.807, 2.05) is 11.8 Å². The second kappa shape index (κ2) is 5.85. The molecule has 18 heavy (non-hydrogen) atoms. The summed E-state index contributed by atoms with van der Waals surface area (Å²) in [6.07, 6.45) is 0. The predicted octanol–water partition coefficient (Wildman–Crippen LogP) is 2.83. The standard InChI is InChI=1S/C14H18FNOS/c1-10-11(2)18-7-6-16(10)9-14(17)12-4-3-5-13(15)8-12/h3-5,8,10-11H,6-7,9H2,1-2H3. The molecule has 1 fully saturated rings. The van der Waals surface area contributed by atoms with Crippen molar-refractivity contribution in [1.29, 1.82) is 0 Å². The van der Waals surface area contributed by atoms with Crippen LogP contribution in [0, 0.1) is 5.82 Å². The number of benzene rings is 1. The van der Waals surface area contributed by atoms with Gasteiger partial charge in [0.2, 0.25) is 0 Å². The first-order valence-electron chi connectivity index (χ1n) is 6.22. The molecule has 1 saturated heterocycles. The third-order valence-electron chi connectivity index (χ3n) is 3.51. The molecule has 2 atom stereocenters. The molecule has 0 N–H and O–H groups in total. The first kappa shape index (κ1) is 13.6. The van der Waals surface area contributed by atoms with Crippen LogP contribution in [0.3, 0.4) is 0 Å². The van der Waals surface area contributed by atoms with Crippen LogP contribution in [0.1, 0.15) is 24.2 Å². The van der Waals surface area contributed by atoms with Crippen molar-refractivity contribution in [2.75, 3.05) is 18.8 Å². The number of hydrogen-bond donors (Lipinski definition) is 0. The lowest BCUT2D eigenvalue weighted by atomic mass is 10.1. The van der Waals surface area contributed by atoms with Crippen LogP contribution in [-0.4, -0.2) is 40.8 Å². The van der Waals surface area contributed by atoms with E-state index >= 15 is 0 Å². The quantitative estimate of drug-likeness (QED) is 0.785. The summed E-state index contributed by atoms with van der Waals surface area (Å²) in [4.78, 5) is 14.3. The summed E-state index contributed by atoms with van der Waals surface area (Å²) in [7, 11) is 0. The molecule has 2 unspecified atom stereocenters. The van der Waals surface area contributed by atoms with E-state index in [2.05, 4.69) is 18.7 Å². The molecule has 1 aromatic rings. The molecule has 1 aliphatic rings. The highest BCUT2D eigenvalue weighted by molar-refractivity contribution is 8.00. The molecule has 2 rings (SSSR count). The number of nitrogens with zero attached hydrogens (tertiary/aromatic N) is 1. The van der Waals surface area contributed by atoms with Crippen molar-refractivity contribution in [2.24, 2.45) is 0 Å². The topological polar surface area (TPSA) is 20.3 Å². The van der Waals surface area contributed by atoms with Crippen molar-refractivity contribution in [1.82, 2.24) is 4.90 Å². The number of thioether (sulfide) groups is 1. The van der Waals surface area contributed by atoms with Gasteiger partial charge in [-0.3, -0.25) is 9.69 Å². The van der Waals surface area contributed by atoms with Gasteiger partial charge in [0.25, 0.3) is 0 Å². The van der Waals surface area contributed by atoms with Crippen molar-refractivity contribution in [3.8, 4) is 0 Å². The Hall–Kier alpha value is -0.870. The first-order chi connectivity index (χ1) is 8.58. The monoisotopic (exact) mass is 267 g/mol. The number of carbonyl (C=O) groups excluding carboxylic acids is 1. The molecule has 0 spiro atoms. The van der Waals surface area contributed by atoms with E-state index in [0.29, 0.717) is 23.4 Å². The molecule has 1 heterocycles. The predicted molar refractivity (Wildman–Crippen MR) is 73.7 cm³/mol. The van der Waals surface area contributed by atoms with Crippen molar-refractivity contribution in [2.45, 2.75) is 25.1 Å². The minimum atomic E-state index is -0.350. The zero-order chi connectivity index (χ0) is 13.1. The first-order valence-corrected chi connectivity index (χ1v) is 7.27. The second-order valence-electron chi connectivity index (χ2n) is 4.72. The third kappa shape index (κ3) is 3.12. The van der Waals surface area contributed by atoms with Gasteiger partial charge in [0.1, 0.15) is 5.82 Å². The maximum Gasteiger partial charge on any atom is 0.176 e. The van der Waals surface area contributed by atoms with E-state index in [0.717, 1.165) is 12.3 Å². The Balaban J connectivity index is 2.03. The van der Waals surface area contributed by atoms with Gasteiger partial charge in [-0.25, -0.2) is 4.39 Å². The summed E-state index contributed by atoms with van der Waals surface area (Å²) in [6.45, 7) is 5.65. The van der Waals surface area contributed by atoms with Gasteiger partial charge in [0.05, 0.1) is 6.54 Å². The number of carbonyl (C=O) groups is 1. The molecular weight excluding hydrogens is 249 g/mol. The van der Waals surface area contributed by atoms with Gasteiger partial charge in [0, 0.05) is 29.2 Å². The van der Waals surface area contributed by atoms with Crippen LogP contribution < -0.4 is 0 Å². The molecule has 0 amide bonds. The minimum absolute atomic E-state index is 0.000417. The van der Waals surface area contributed by atoms with Crippen LogP contribution in [0.25, 0.3) is 0 Å². The molecular formula is C14H18FNOS. The lowest BCUT2D eigenvalue weighted by Gasteiger charge is -2.36. The van der Waals surface area contributed by atoms with Gasteiger partial charge in [-0.2, -0.15) is 11.8 Å². The average molecular weight is 267 g/mol. The van der Waals surface area contributed by atoms with Crippen LogP contribution in [0.15, 0.2) is 24.3 Å². The molecule has 0 radical (unpaired) electrons. The zero-order valence-electron chi connectivity index (χ0n) is 10.7. The van der Waals surface area contributed by atoms with Crippen LogP contribution >= 0.6 is 11.8 Å². The van der Waals surface area contributed by atoms with Gasteiger partial charge < -0.3 is 0 Å². The summed E-state index contributed by atoms with van der Waals surface area (Å²) in [5.74, 6) is 0.707. The Kier molecular flexibility index (Phi) is 4.40. The lowest BCUT2D eigenvalue weighted by molar-refractivity contribution is 0.0901. The molecule has 0 aromatic heterocycles. The van der Waals surface area contributed by atoms with Gasteiger partial charge in [-0.1, -0.05) is 19.1 Å². The highest BCUT2D eigenvalue weighted by Crippen LogP contribution is 2.24. The molecule has 1 aromatic carbocycles. The van der Waals surface area contributed by atoms with Crippen LogP contribution in [0.2, 0.25) is 0 Å². The number of hydrogen-bond acceptors (Lipinski definition) is 3. The number of Topliss-reactive ketones (excluding diaryl/α,β-unsaturated/α-hetero) is 1. The van der Waals surface area contributed by atoms with E-state index < -0.39 is 0 Å². The van der Waals surface area contributed by atoms with Crippen molar-refractivity contribution < 1.29 is 9.18 Å². The Morgan fingerprint density at radius 2 is 2.28 bits per heavy atom. The smallest absolute Gasteiger partial charge is 0.176 e. The van der Waals surface area contributed by atoms with Gasteiger partial charge >= 0.3 is 0 Å². The Morgan fingerprint density at radius 3 is 3.00 bits per heavy atom. The van der Waals surface area contributed by atoms with Gasteiger partial charge in [-0.05, 0) is 19.1 Å². The number of halogens is 1. The lowest BCUT2D eigenvalue weighted by Crippen LogP contribution is -2.46. The van der Waals surface area contributed by atoms with E-state index in [1.54, 1.807) is 12.1 Å². The van der Waals surface area contributed by atoms with Crippen molar-refractivity contribution >= 4 is 17.5 Å². The molecule has 0 bridgehead atoms. The number of rotatable bonds is 3. The molecule has 4 heteroatoms. The number of ketones is 1. The molecule has 0 aliphatic carbocycles. The molecule has 0 saturated carbocycles. The van der Waals surface area contributed by atoms with Gasteiger partial charge in [-0.15, -0.1) is 0 Å². The molecule has 98 valence electrons. The van der Waals surface area contributed by atoms with Crippen LogP contribution in [-0.2, 0) is 0 Å². The van der Waals surface area contributed by atoms with Gasteiger partial charge in [0.15, 0.2) is 5.78 Å². The van der Waals surface area contributed by atoms with Crippen LogP contribution in [0.4, 0.5) is 4.39 Å². The maximum absolute atomic E-state index is 13.1. The Morgan fingerprint density at radius 1 is 1.50 bits per heavy atom.